The Labute approximate surface area is 81.3 Å². The average Bonchev–Trinajstić information content (AvgIpc) is 2.11. The lowest BCUT2D eigenvalue weighted by atomic mass is 10.1. The van der Waals surface area contributed by atoms with Gasteiger partial charge in [-0.1, -0.05) is 20.8 Å². The summed E-state index contributed by atoms with van der Waals surface area (Å²) >= 11 is 0. The number of rotatable bonds is 5. The molecule has 1 amide bonds. The van der Waals surface area contributed by atoms with Crippen LogP contribution in [0.5, 0.6) is 0 Å². The molecule has 1 atom stereocenters. The summed E-state index contributed by atoms with van der Waals surface area (Å²) in [6.07, 6.45) is 1.75. The molecular formula is C10H22N2O. The number of likely N-dealkylation sites (N-methyl/N-ethyl adjacent to an activating group) is 1. The summed E-state index contributed by atoms with van der Waals surface area (Å²) in [5, 5.41) is 0. The molecule has 0 aliphatic rings. The standard InChI is InChI=1S/C10H22N2O/c1-5-9(11)10(13)12(4)7-6-8(2)3/h8-9H,5-7,11H2,1-4H3. The van der Waals surface area contributed by atoms with E-state index in [-0.39, 0.29) is 11.9 Å². The third kappa shape index (κ3) is 4.88. The maximum absolute atomic E-state index is 11.5. The van der Waals surface area contributed by atoms with Gasteiger partial charge < -0.3 is 10.6 Å². The zero-order valence-corrected chi connectivity index (χ0v) is 9.21. The number of nitrogens with zero attached hydrogens (tertiary/aromatic N) is 1. The topological polar surface area (TPSA) is 46.3 Å². The second-order valence-electron chi connectivity index (χ2n) is 3.96. The molecule has 0 rings (SSSR count). The molecule has 0 aromatic carbocycles. The van der Waals surface area contributed by atoms with Gasteiger partial charge in [0.15, 0.2) is 0 Å². The highest BCUT2D eigenvalue weighted by Gasteiger charge is 2.15. The third-order valence-corrected chi connectivity index (χ3v) is 2.18. The van der Waals surface area contributed by atoms with Gasteiger partial charge in [-0.15, -0.1) is 0 Å². The Hall–Kier alpha value is -0.570. The normalized spacial score (nSPS) is 13.1. The quantitative estimate of drug-likeness (QED) is 0.702. The van der Waals surface area contributed by atoms with E-state index in [4.69, 9.17) is 5.73 Å². The van der Waals surface area contributed by atoms with Crippen LogP contribution in [-0.4, -0.2) is 30.4 Å². The highest BCUT2D eigenvalue weighted by Crippen LogP contribution is 2.02. The van der Waals surface area contributed by atoms with Gasteiger partial charge in [0.2, 0.25) is 5.91 Å². The first-order chi connectivity index (χ1) is 5.99. The van der Waals surface area contributed by atoms with E-state index < -0.39 is 0 Å². The summed E-state index contributed by atoms with van der Waals surface area (Å²) in [6, 6.07) is -0.322. The van der Waals surface area contributed by atoms with E-state index in [1.54, 1.807) is 4.90 Å². The third-order valence-electron chi connectivity index (χ3n) is 2.18. The van der Waals surface area contributed by atoms with Crippen molar-refractivity contribution in [1.29, 1.82) is 0 Å². The van der Waals surface area contributed by atoms with Crippen LogP contribution in [0.3, 0.4) is 0 Å². The summed E-state index contributed by atoms with van der Waals surface area (Å²) in [6.45, 7) is 7.04. The monoisotopic (exact) mass is 186 g/mol. The molecule has 0 heterocycles. The van der Waals surface area contributed by atoms with E-state index in [1.807, 2.05) is 14.0 Å². The van der Waals surface area contributed by atoms with E-state index in [1.165, 1.54) is 0 Å². The van der Waals surface area contributed by atoms with Crippen LogP contribution in [0.1, 0.15) is 33.6 Å². The Morgan fingerprint density at radius 3 is 2.38 bits per heavy atom. The molecule has 3 heteroatoms. The van der Waals surface area contributed by atoms with E-state index >= 15 is 0 Å². The zero-order chi connectivity index (χ0) is 10.4. The molecule has 0 saturated carbocycles. The summed E-state index contributed by atoms with van der Waals surface area (Å²) < 4.78 is 0. The molecule has 0 aliphatic heterocycles. The van der Waals surface area contributed by atoms with Crippen molar-refractivity contribution in [3.63, 3.8) is 0 Å². The van der Waals surface area contributed by atoms with Crippen molar-refractivity contribution in [3.05, 3.63) is 0 Å². The second kappa shape index (κ2) is 5.97. The van der Waals surface area contributed by atoms with E-state index in [2.05, 4.69) is 13.8 Å². The molecule has 78 valence electrons. The molecule has 0 aliphatic carbocycles. The van der Waals surface area contributed by atoms with Crippen LogP contribution >= 0.6 is 0 Å². The van der Waals surface area contributed by atoms with Crippen LogP contribution in [0.25, 0.3) is 0 Å². The Bertz CT molecular complexity index is 157. The first kappa shape index (κ1) is 12.4. The maximum Gasteiger partial charge on any atom is 0.239 e. The van der Waals surface area contributed by atoms with Crippen molar-refractivity contribution < 1.29 is 4.79 Å². The van der Waals surface area contributed by atoms with Crippen LogP contribution in [-0.2, 0) is 4.79 Å². The molecule has 13 heavy (non-hydrogen) atoms. The number of carbonyl (C=O) groups excluding carboxylic acids is 1. The molecule has 0 fully saturated rings. The molecule has 0 saturated heterocycles. The Morgan fingerprint density at radius 1 is 1.46 bits per heavy atom. The van der Waals surface area contributed by atoms with Crippen LogP contribution in [0, 0.1) is 5.92 Å². The first-order valence-corrected chi connectivity index (χ1v) is 4.99. The highest BCUT2D eigenvalue weighted by atomic mass is 16.2. The van der Waals surface area contributed by atoms with Crippen molar-refractivity contribution in [3.8, 4) is 0 Å². The van der Waals surface area contributed by atoms with Crippen molar-refractivity contribution in [2.24, 2.45) is 11.7 Å². The van der Waals surface area contributed by atoms with Crippen molar-refractivity contribution in [2.75, 3.05) is 13.6 Å². The minimum Gasteiger partial charge on any atom is -0.344 e. The fourth-order valence-electron chi connectivity index (χ4n) is 1.02. The molecule has 0 spiro atoms. The minimum atomic E-state index is -0.322. The molecule has 1 unspecified atom stereocenters. The molecule has 2 N–H and O–H groups in total. The molecule has 0 aromatic heterocycles. The zero-order valence-electron chi connectivity index (χ0n) is 9.21. The average molecular weight is 186 g/mol. The molecule has 3 nitrogen and oxygen atoms in total. The van der Waals surface area contributed by atoms with Gasteiger partial charge in [0, 0.05) is 13.6 Å². The molecular weight excluding hydrogens is 164 g/mol. The van der Waals surface area contributed by atoms with Crippen LogP contribution in [0.2, 0.25) is 0 Å². The fraction of sp³-hybridized carbons (Fsp3) is 0.900. The molecule has 0 aromatic rings. The van der Waals surface area contributed by atoms with Crippen LogP contribution in [0.15, 0.2) is 0 Å². The first-order valence-electron chi connectivity index (χ1n) is 4.99. The molecule has 0 radical (unpaired) electrons. The summed E-state index contributed by atoms with van der Waals surface area (Å²) in [4.78, 5) is 13.2. The number of hydrogen-bond acceptors (Lipinski definition) is 2. The second-order valence-corrected chi connectivity index (χ2v) is 3.96. The van der Waals surface area contributed by atoms with Gasteiger partial charge in [-0.05, 0) is 18.8 Å². The largest absolute Gasteiger partial charge is 0.344 e. The summed E-state index contributed by atoms with van der Waals surface area (Å²) in [5.74, 6) is 0.691. The van der Waals surface area contributed by atoms with E-state index in [0.717, 1.165) is 13.0 Å². The lowest BCUT2D eigenvalue weighted by molar-refractivity contribution is -0.131. The summed E-state index contributed by atoms with van der Waals surface area (Å²) in [7, 11) is 1.82. The van der Waals surface area contributed by atoms with Crippen molar-refractivity contribution >= 4 is 5.91 Å². The highest BCUT2D eigenvalue weighted by molar-refractivity contribution is 5.81. The van der Waals surface area contributed by atoms with Gasteiger partial charge in [0.25, 0.3) is 0 Å². The number of carbonyl (C=O) groups is 1. The van der Waals surface area contributed by atoms with Gasteiger partial charge in [0.05, 0.1) is 6.04 Å². The number of nitrogens with two attached hydrogens (primary N) is 1. The number of amides is 1. The maximum atomic E-state index is 11.5. The van der Waals surface area contributed by atoms with Gasteiger partial charge in [-0.2, -0.15) is 0 Å². The van der Waals surface area contributed by atoms with Gasteiger partial charge in [0.1, 0.15) is 0 Å². The SMILES string of the molecule is CCC(N)C(=O)N(C)CCC(C)C. The predicted molar refractivity (Wildman–Crippen MR) is 55.4 cm³/mol. The predicted octanol–water partition coefficient (Wildman–Crippen LogP) is 1.23. The minimum absolute atomic E-state index is 0.0585. The lowest BCUT2D eigenvalue weighted by Gasteiger charge is -2.21. The van der Waals surface area contributed by atoms with Gasteiger partial charge in [-0.25, -0.2) is 0 Å². The van der Waals surface area contributed by atoms with Crippen LogP contribution < -0.4 is 5.73 Å². The van der Waals surface area contributed by atoms with Crippen molar-refractivity contribution in [1.82, 2.24) is 4.90 Å². The Balaban J connectivity index is 3.82. The van der Waals surface area contributed by atoms with Gasteiger partial charge in [-0.3, -0.25) is 4.79 Å². The smallest absolute Gasteiger partial charge is 0.239 e. The lowest BCUT2D eigenvalue weighted by Crippen LogP contribution is -2.41. The van der Waals surface area contributed by atoms with Crippen LogP contribution in [0.4, 0.5) is 0 Å². The van der Waals surface area contributed by atoms with Crippen molar-refractivity contribution in [2.45, 2.75) is 39.7 Å². The Kier molecular flexibility index (Phi) is 5.71. The number of hydrogen-bond donors (Lipinski definition) is 1. The Morgan fingerprint density at radius 2 is 2.00 bits per heavy atom. The van der Waals surface area contributed by atoms with E-state index in [9.17, 15) is 4.79 Å². The molecule has 0 bridgehead atoms. The summed E-state index contributed by atoms with van der Waals surface area (Å²) in [5.41, 5.74) is 5.63. The fourth-order valence-corrected chi connectivity index (χ4v) is 1.02. The van der Waals surface area contributed by atoms with Gasteiger partial charge >= 0.3 is 0 Å². The van der Waals surface area contributed by atoms with E-state index in [0.29, 0.717) is 12.3 Å².